The lowest BCUT2D eigenvalue weighted by atomic mass is 10.1. The number of halogens is 3. The van der Waals surface area contributed by atoms with Crippen molar-refractivity contribution in [1.29, 1.82) is 0 Å². The summed E-state index contributed by atoms with van der Waals surface area (Å²) in [5.74, 6) is -0.0387. The third kappa shape index (κ3) is 3.84. The van der Waals surface area contributed by atoms with E-state index in [1.807, 2.05) is 0 Å². The Morgan fingerprint density at radius 1 is 1.43 bits per heavy atom. The molecule has 3 N–H and O–H groups in total. The molecule has 4 rings (SSSR count). The van der Waals surface area contributed by atoms with E-state index in [2.05, 4.69) is 30.6 Å². The van der Waals surface area contributed by atoms with Crippen LogP contribution in [0.3, 0.4) is 0 Å². The zero-order valence-corrected chi connectivity index (χ0v) is 14.3. The minimum Gasteiger partial charge on any atom is -0.478 e. The van der Waals surface area contributed by atoms with E-state index in [4.69, 9.17) is 9.47 Å². The molecule has 0 aromatic carbocycles. The number of nitrogens with one attached hydrogen (secondary N) is 2. The molecule has 1 saturated heterocycles. The van der Waals surface area contributed by atoms with Gasteiger partial charge in [-0.2, -0.15) is 27.8 Å². The number of aromatic amines is 1. The van der Waals surface area contributed by atoms with Crippen LogP contribution in [0.15, 0.2) is 18.7 Å². The molecule has 1 unspecified atom stereocenters. The number of ether oxygens (including phenoxy) is 2. The van der Waals surface area contributed by atoms with E-state index in [9.17, 15) is 18.3 Å². The van der Waals surface area contributed by atoms with Gasteiger partial charge >= 0.3 is 6.18 Å². The molecular formula is C15H16F3N7O3. The van der Waals surface area contributed by atoms with Gasteiger partial charge in [0, 0.05) is 18.4 Å². The molecule has 1 fully saturated rings. The van der Waals surface area contributed by atoms with Crippen LogP contribution in [0.4, 0.5) is 19.1 Å². The van der Waals surface area contributed by atoms with E-state index in [-0.39, 0.29) is 35.7 Å². The van der Waals surface area contributed by atoms with Gasteiger partial charge in [0.25, 0.3) is 0 Å². The van der Waals surface area contributed by atoms with Gasteiger partial charge in [-0.15, -0.1) is 5.10 Å². The smallest absolute Gasteiger partial charge is 0.422 e. The predicted octanol–water partition coefficient (Wildman–Crippen LogP) is 1.02. The van der Waals surface area contributed by atoms with Crippen molar-refractivity contribution in [2.75, 3.05) is 25.1 Å². The van der Waals surface area contributed by atoms with E-state index in [0.717, 1.165) is 0 Å². The van der Waals surface area contributed by atoms with Crippen LogP contribution >= 0.6 is 0 Å². The lowest BCUT2D eigenvalue weighted by Crippen LogP contribution is -2.42. The van der Waals surface area contributed by atoms with Crippen LogP contribution in [0.5, 0.6) is 5.75 Å². The maximum Gasteiger partial charge on any atom is 0.422 e. The van der Waals surface area contributed by atoms with Crippen molar-refractivity contribution in [3.05, 3.63) is 18.7 Å². The number of nitrogens with zero attached hydrogens (tertiary/aromatic N) is 5. The molecule has 0 spiro atoms. The Kier molecular flexibility index (Phi) is 4.77. The molecule has 0 aliphatic carbocycles. The highest BCUT2D eigenvalue weighted by molar-refractivity contribution is 5.73. The summed E-state index contributed by atoms with van der Waals surface area (Å²) < 4.78 is 49.5. The second-order valence-electron chi connectivity index (χ2n) is 6.20. The first-order valence-corrected chi connectivity index (χ1v) is 8.37. The molecule has 3 aromatic rings. The van der Waals surface area contributed by atoms with E-state index in [1.54, 1.807) is 0 Å². The summed E-state index contributed by atoms with van der Waals surface area (Å²) >= 11 is 0. The molecule has 0 saturated carbocycles. The summed E-state index contributed by atoms with van der Waals surface area (Å²) in [6.45, 7) is -0.862. The van der Waals surface area contributed by atoms with Crippen LogP contribution in [0.25, 0.3) is 16.9 Å². The van der Waals surface area contributed by atoms with Gasteiger partial charge in [0.2, 0.25) is 11.6 Å². The summed E-state index contributed by atoms with van der Waals surface area (Å²) in [5, 5.41) is 23.5. The number of rotatable bonds is 5. The van der Waals surface area contributed by atoms with Crippen molar-refractivity contribution in [3.8, 4) is 17.0 Å². The summed E-state index contributed by atoms with van der Waals surface area (Å²) in [5.41, 5.74) is 0.645. The molecule has 0 bridgehead atoms. The van der Waals surface area contributed by atoms with Crippen molar-refractivity contribution in [2.45, 2.75) is 24.7 Å². The minimum absolute atomic E-state index is 0.0551. The topological polar surface area (TPSA) is 122 Å². The highest BCUT2D eigenvalue weighted by atomic mass is 19.4. The lowest BCUT2D eigenvalue weighted by molar-refractivity contribution is -0.153. The molecule has 13 heteroatoms. The third-order valence-corrected chi connectivity index (χ3v) is 4.14. The first kappa shape index (κ1) is 18.4. The van der Waals surface area contributed by atoms with Gasteiger partial charge in [-0.25, -0.2) is 4.98 Å². The predicted molar refractivity (Wildman–Crippen MR) is 88.8 cm³/mol. The fourth-order valence-electron chi connectivity index (χ4n) is 2.83. The number of fused-ring (bicyclic) bond motifs is 1. The fraction of sp³-hybridized carbons (Fsp3) is 0.467. The maximum absolute atomic E-state index is 12.7. The third-order valence-electron chi connectivity index (χ3n) is 4.14. The minimum atomic E-state index is -4.53. The SMILES string of the molecule is O[C@@H]1COCCC1Nc1nc2c(OCC(F)(F)F)c(-c3cn[nH]c3)ncn2n1. The van der Waals surface area contributed by atoms with Gasteiger partial charge in [0.05, 0.1) is 24.9 Å². The lowest BCUT2D eigenvalue weighted by Gasteiger charge is -2.27. The summed E-state index contributed by atoms with van der Waals surface area (Å²) in [6, 6.07) is -0.341. The van der Waals surface area contributed by atoms with Gasteiger partial charge in [-0.05, 0) is 6.42 Å². The molecule has 4 heterocycles. The van der Waals surface area contributed by atoms with E-state index in [0.29, 0.717) is 18.6 Å². The Bertz CT molecular complexity index is 944. The summed E-state index contributed by atoms with van der Waals surface area (Å²) in [6.07, 6.45) is -0.543. The zero-order chi connectivity index (χ0) is 19.7. The van der Waals surface area contributed by atoms with Crippen LogP contribution < -0.4 is 10.1 Å². The van der Waals surface area contributed by atoms with Crippen molar-refractivity contribution in [3.63, 3.8) is 0 Å². The molecule has 0 amide bonds. The van der Waals surface area contributed by atoms with Crippen molar-refractivity contribution in [2.24, 2.45) is 0 Å². The van der Waals surface area contributed by atoms with Crippen LogP contribution in [-0.4, -0.2) is 73.0 Å². The number of aromatic nitrogens is 6. The fourth-order valence-corrected chi connectivity index (χ4v) is 2.83. The van der Waals surface area contributed by atoms with E-state index >= 15 is 0 Å². The molecule has 1 aliphatic rings. The van der Waals surface area contributed by atoms with Gasteiger partial charge in [-0.1, -0.05) is 0 Å². The molecule has 150 valence electrons. The number of anilines is 1. The monoisotopic (exact) mass is 399 g/mol. The molecule has 3 aromatic heterocycles. The first-order valence-electron chi connectivity index (χ1n) is 8.37. The van der Waals surface area contributed by atoms with Gasteiger partial charge in [-0.3, -0.25) is 5.10 Å². The summed E-state index contributed by atoms with van der Waals surface area (Å²) in [4.78, 5) is 8.37. The van der Waals surface area contributed by atoms with Crippen LogP contribution in [0.1, 0.15) is 6.42 Å². The number of alkyl halides is 3. The van der Waals surface area contributed by atoms with Crippen LogP contribution in [0, 0.1) is 0 Å². The van der Waals surface area contributed by atoms with Crippen LogP contribution in [-0.2, 0) is 4.74 Å². The van der Waals surface area contributed by atoms with E-state index in [1.165, 1.54) is 23.2 Å². The van der Waals surface area contributed by atoms with E-state index < -0.39 is 18.9 Å². The van der Waals surface area contributed by atoms with Gasteiger partial charge in [0.15, 0.2) is 12.4 Å². The van der Waals surface area contributed by atoms with Crippen molar-refractivity contribution >= 4 is 11.6 Å². The average Bonchev–Trinajstić information content (AvgIpc) is 3.30. The summed E-state index contributed by atoms with van der Waals surface area (Å²) in [7, 11) is 0. The second kappa shape index (κ2) is 7.24. The van der Waals surface area contributed by atoms with Crippen molar-refractivity contribution in [1.82, 2.24) is 29.8 Å². The quantitative estimate of drug-likeness (QED) is 0.581. The molecule has 2 atom stereocenters. The number of aliphatic hydroxyl groups excluding tert-OH is 1. The van der Waals surface area contributed by atoms with Gasteiger partial charge in [0.1, 0.15) is 12.0 Å². The number of hydrogen-bond acceptors (Lipinski definition) is 8. The molecule has 10 nitrogen and oxygen atoms in total. The molecular weight excluding hydrogens is 383 g/mol. The van der Waals surface area contributed by atoms with Crippen LogP contribution in [0.2, 0.25) is 0 Å². The standard InChI is InChI=1S/C15H16F3N7O3/c16-15(17,18)6-28-12-11(8-3-20-21-4-8)19-7-25-13(12)23-14(24-25)22-9-1-2-27-5-10(9)26/h3-4,7,9-10,26H,1-2,5-6H2,(H,20,21)(H,22,24)/t9?,10-/m1/s1. The highest BCUT2D eigenvalue weighted by Gasteiger charge is 2.31. The Morgan fingerprint density at radius 3 is 3.00 bits per heavy atom. The molecule has 28 heavy (non-hydrogen) atoms. The Morgan fingerprint density at radius 2 is 2.29 bits per heavy atom. The molecule has 1 aliphatic heterocycles. The maximum atomic E-state index is 12.7. The number of hydrogen-bond donors (Lipinski definition) is 3. The normalized spacial score (nSPS) is 20.4. The Balaban J connectivity index is 1.70. The Hall–Kier alpha value is -2.93. The van der Waals surface area contributed by atoms with Gasteiger partial charge < -0.3 is 19.9 Å². The zero-order valence-electron chi connectivity index (χ0n) is 14.3. The number of aliphatic hydroxyl groups is 1. The largest absolute Gasteiger partial charge is 0.478 e. The highest BCUT2D eigenvalue weighted by Crippen LogP contribution is 2.32. The molecule has 0 radical (unpaired) electrons. The Labute approximate surface area is 155 Å². The van der Waals surface area contributed by atoms with Crippen molar-refractivity contribution < 1.29 is 27.8 Å². The second-order valence-corrected chi connectivity index (χ2v) is 6.20. The average molecular weight is 399 g/mol. The first-order chi connectivity index (χ1) is 13.4. The number of H-pyrrole nitrogens is 1.